The predicted octanol–water partition coefficient (Wildman–Crippen LogP) is 3.88. The number of nitrogens with one attached hydrogen (secondary N) is 1. The molecule has 2 aromatic carbocycles. The van der Waals surface area contributed by atoms with Crippen molar-refractivity contribution in [3.05, 3.63) is 54.1 Å². The molecule has 8 heteroatoms. The maximum Gasteiger partial charge on any atom is 0.327 e. The van der Waals surface area contributed by atoms with Crippen LogP contribution in [0.4, 0.5) is 4.79 Å². The fraction of sp³-hybridized carbons (Fsp3) is 0.348. The molecule has 1 unspecified atom stereocenters. The number of tetrazole rings is 1. The highest BCUT2D eigenvalue weighted by molar-refractivity contribution is 6.04. The van der Waals surface area contributed by atoms with Crippen molar-refractivity contribution < 1.29 is 9.59 Å². The van der Waals surface area contributed by atoms with Gasteiger partial charge in [-0.15, -0.1) is 10.2 Å². The van der Waals surface area contributed by atoms with Gasteiger partial charge in [0.25, 0.3) is 5.91 Å². The lowest BCUT2D eigenvalue weighted by molar-refractivity contribution is -0.129. The Kier molecular flexibility index (Phi) is 5.79. The van der Waals surface area contributed by atoms with Gasteiger partial charge in [0.2, 0.25) is 5.82 Å². The van der Waals surface area contributed by atoms with E-state index in [1.807, 2.05) is 69.3 Å². The molecule has 0 bridgehead atoms. The minimum atomic E-state index is -0.390. The highest BCUT2D eigenvalue weighted by Crippen LogP contribution is 2.31. The second kappa shape index (κ2) is 8.67. The van der Waals surface area contributed by atoms with Crippen LogP contribution < -0.4 is 0 Å². The summed E-state index contributed by atoms with van der Waals surface area (Å²) < 4.78 is 0. The van der Waals surface area contributed by atoms with E-state index in [1.54, 1.807) is 4.90 Å². The summed E-state index contributed by atoms with van der Waals surface area (Å²) in [5, 5.41) is 14.3. The molecule has 0 aliphatic carbocycles. The highest BCUT2D eigenvalue weighted by Gasteiger charge is 2.45. The molecule has 0 spiro atoms. The Labute approximate surface area is 181 Å². The lowest BCUT2D eigenvalue weighted by Crippen LogP contribution is -2.37. The third-order valence-electron chi connectivity index (χ3n) is 5.56. The molecule has 0 radical (unpaired) electrons. The largest absolute Gasteiger partial charge is 0.327 e. The molecule has 3 aromatic rings. The number of aromatic nitrogens is 4. The first kappa shape index (κ1) is 20.7. The number of amides is 3. The Morgan fingerprint density at radius 3 is 2.35 bits per heavy atom. The first-order valence-electron chi connectivity index (χ1n) is 10.6. The van der Waals surface area contributed by atoms with E-state index in [9.17, 15) is 9.59 Å². The molecule has 1 aliphatic heterocycles. The van der Waals surface area contributed by atoms with Crippen LogP contribution in [0, 0.1) is 0 Å². The van der Waals surface area contributed by atoms with E-state index in [1.165, 1.54) is 4.90 Å². The Morgan fingerprint density at radius 1 is 1.03 bits per heavy atom. The van der Waals surface area contributed by atoms with Gasteiger partial charge in [0.1, 0.15) is 6.04 Å². The third-order valence-corrected chi connectivity index (χ3v) is 5.56. The van der Waals surface area contributed by atoms with Crippen molar-refractivity contribution in [1.82, 2.24) is 30.4 Å². The van der Waals surface area contributed by atoms with E-state index in [0.717, 1.165) is 28.7 Å². The van der Waals surface area contributed by atoms with Gasteiger partial charge in [-0.05, 0) is 42.2 Å². The average molecular weight is 419 g/mol. The van der Waals surface area contributed by atoms with E-state index in [4.69, 9.17) is 0 Å². The number of urea groups is 1. The zero-order chi connectivity index (χ0) is 22.0. The fourth-order valence-electron chi connectivity index (χ4n) is 4.06. The van der Waals surface area contributed by atoms with Crippen LogP contribution in [0.5, 0.6) is 0 Å². The quantitative estimate of drug-likeness (QED) is 0.588. The Hall–Kier alpha value is -3.55. The van der Waals surface area contributed by atoms with Gasteiger partial charge in [0.15, 0.2) is 0 Å². The molecule has 1 fully saturated rings. The molecular formula is C23H26N6O2. The van der Waals surface area contributed by atoms with Crippen LogP contribution in [0.15, 0.2) is 48.5 Å². The molecule has 3 amide bonds. The molecular weight excluding hydrogens is 392 g/mol. The molecule has 0 saturated carbocycles. The molecule has 4 rings (SSSR count). The van der Waals surface area contributed by atoms with Crippen LogP contribution in [-0.2, 0) is 11.3 Å². The van der Waals surface area contributed by atoms with E-state index in [-0.39, 0.29) is 18.0 Å². The normalized spacial score (nSPS) is 16.6. The third kappa shape index (κ3) is 3.93. The summed E-state index contributed by atoms with van der Waals surface area (Å²) in [7, 11) is 0. The number of hydrogen-bond donors (Lipinski definition) is 1. The van der Waals surface area contributed by atoms with Crippen LogP contribution >= 0.6 is 0 Å². The summed E-state index contributed by atoms with van der Waals surface area (Å²) in [5.74, 6) is 0.449. The van der Waals surface area contributed by atoms with Crippen molar-refractivity contribution in [2.45, 2.75) is 52.2 Å². The van der Waals surface area contributed by atoms with Gasteiger partial charge in [-0.25, -0.2) is 4.79 Å². The summed E-state index contributed by atoms with van der Waals surface area (Å²) in [6, 6.07) is 15.2. The zero-order valence-electron chi connectivity index (χ0n) is 17.9. The summed E-state index contributed by atoms with van der Waals surface area (Å²) >= 11 is 0. The molecule has 1 aromatic heterocycles. The van der Waals surface area contributed by atoms with Crippen LogP contribution in [-0.4, -0.2) is 54.4 Å². The number of rotatable bonds is 7. The summed E-state index contributed by atoms with van der Waals surface area (Å²) in [6.45, 7) is 6.19. The molecule has 160 valence electrons. The van der Waals surface area contributed by atoms with Gasteiger partial charge < -0.3 is 4.90 Å². The van der Waals surface area contributed by atoms with Crippen molar-refractivity contribution in [3.63, 3.8) is 0 Å². The topological polar surface area (TPSA) is 95.1 Å². The predicted molar refractivity (Wildman–Crippen MR) is 117 cm³/mol. The number of imide groups is 1. The standard InChI is InChI=1S/C23H26N6O2/c1-4-7-20-22(30)29(15(2)3)23(31)28(20)14-16-10-12-17(13-11-16)18-8-5-6-9-19(18)21-24-26-27-25-21/h5-6,8-13,15,20H,4,7,14H2,1-3H3,(H,24,25,26,27). The first-order chi connectivity index (χ1) is 15.0. The maximum atomic E-state index is 12.9. The summed E-state index contributed by atoms with van der Waals surface area (Å²) in [6.07, 6.45) is 1.52. The monoisotopic (exact) mass is 418 g/mol. The van der Waals surface area contributed by atoms with Crippen LogP contribution in [0.2, 0.25) is 0 Å². The Balaban J connectivity index is 1.58. The van der Waals surface area contributed by atoms with Crippen molar-refractivity contribution in [1.29, 1.82) is 0 Å². The molecule has 2 heterocycles. The number of carbonyl (C=O) groups is 2. The molecule has 31 heavy (non-hydrogen) atoms. The highest BCUT2D eigenvalue weighted by atomic mass is 16.2. The number of nitrogens with zero attached hydrogens (tertiary/aromatic N) is 5. The second-order valence-electron chi connectivity index (χ2n) is 7.99. The van der Waals surface area contributed by atoms with Gasteiger partial charge in [0, 0.05) is 18.2 Å². The number of carbonyl (C=O) groups excluding carboxylic acids is 2. The van der Waals surface area contributed by atoms with Crippen molar-refractivity contribution in [2.24, 2.45) is 0 Å². The van der Waals surface area contributed by atoms with Crippen LogP contribution in [0.3, 0.4) is 0 Å². The fourth-order valence-corrected chi connectivity index (χ4v) is 4.06. The molecule has 1 aliphatic rings. The lowest BCUT2D eigenvalue weighted by atomic mass is 9.98. The van der Waals surface area contributed by atoms with Gasteiger partial charge in [-0.1, -0.05) is 61.9 Å². The van der Waals surface area contributed by atoms with Gasteiger partial charge in [0.05, 0.1) is 0 Å². The van der Waals surface area contributed by atoms with Crippen molar-refractivity contribution in [2.75, 3.05) is 0 Å². The van der Waals surface area contributed by atoms with Crippen molar-refractivity contribution in [3.8, 4) is 22.5 Å². The molecule has 1 atom stereocenters. The minimum Gasteiger partial charge on any atom is -0.308 e. The minimum absolute atomic E-state index is 0.0903. The number of benzene rings is 2. The molecule has 8 nitrogen and oxygen atoms in total. The molecule has 1 saturated heterocycles. The van der Waals surface area contributed by atoms with E-state index in [2.05, 4.69) is 20.6 Å². The summed E-state index contributed by atoms with van der Waals surface area (Å²) in [4.78, 5) is 28.8. The van der Waals surface area contributed by atoms with E-state index >= 15 is 0 Å². The van der Waals surface area contributed by atoms with Crippen LogP contribution in [0.25, 0.3) is 22.5 Å². The van der Waals surface area contributed by atoms with E-state index < -0.39 is 6.04 Å². The summed E-state index contributed by atoms with van der Waals surface area (Å²) in [5.41, 5.74) is 3.88. The Bertz CT molecular complexity index is 1060. The van der Waals surface area contributed by atoms with Crippen LogP contribution in [0.1, 0.15) is 39.2 Å². The maximum absolute atomic E-state index is 12.9. The zero-order valence-corrected chi connectivity index (χ0v) is 17.9. The lowest BCUT2D eigenvalue weighted by Gasteiger charge is -2.22. The number of H-pyrrole nitrogens is 1. The van der Waals surface area contributed by atoms with Gasteiger partial charge >= 0.3 is 6.03 Å². The first-order valence-corrected chi connectivity index (χ1v) is 10.6. The average Bonchev–Trinajstić information content (AvgIpc) is 3.38. The second-order valence-corrected chi connectivity index (χ2v) is 7.99. The van der Waals surface area contributed by atoms with Gasteiger partial charge in [-0.2, -0.15) is 5.21 Å². The molecule has 1 N–H and O–H groups in total. The van der Waals surface area contributed by atoms with E-state index in [0.29, 0.717) is 18.8 Å². The van der Waals surface area contributed by atoms with Gasteiger partial charge in [-0.3, -0.25) is 9.69 Å². The SMILES string of the molecule is CCCC1C(=O)N(C(C)C)C(=O)N1Cc1ccc(-c2ccccc2-c2nn[nH]n2)cc1. The Morgan fingerprint density at radius 2 is 1.74 bits per heavy atom. The van der Waals surface area contributed by atoms with Crippen molar-refractivity contribution >= 4 is 11.9 Å². The number of hydrogen-bond acceptors (Lipinski definition) is 5. The number of aromatic amines is 1. The smallest absolute Gasteiger partial charge is 0.308 e.